The molecule has 5 nitrogen and oxygen atoms in total. The van der Waals surface area contributed by atoms with Crippen LogP contribution in [0.4, 0.5) is 4.39 Å². The number of benzene rings is 2. The van der Waals surface area contributed by atoms with Gasteiger partial charge in [-0.25, -0.2) is 4.39 Å². The van der Waals surface area contributed by atoms with Crippen molar-refractivity contribution in [2.45, 2.75) is 37.1 Å². The van der Waals surface area contributed by atoms with Gasteiger partial charge >= 0.3 is 0 Å². The van der Waals surface area contributed by atoms with Crippen LogP contribution in [0.2, 0.25) is 0 Å². The molecule has 7 heteroatoms. The Bertz CT molecular complexity index is 911. The van der Waals surface area contributed by atoms with Crippen LogP contribution in [0.25, 0.3) is 0 Å². The van der Waals surface area contributed by atoms with Gasteiger partial charge in [-0.05, 0) is 23.6 Å². The van der Waals surface area contributed by atoms with Crippen LogP contribution in [0.5, 0.6) is 0 Å². The number of halogens is 2. The van der Waals surface area contributed by atoms with Crippen LogP contribution in [0, 0.1) is 5.82 Å². The molecule has 1 saturated carbocycles. The van der Waals surface area contributed by atoms with Crippen molar-refractivity contribution in [3.8, 4) is 0 Å². The van der Waals surface area contributed by atoms with E-state index in [0.29, 0.717) is 6.04 Å². The van der Waals surface area contributed by atoms with Gasteiger partial charge < -0.3 is 15.0 Å². The second-order valence-electron chi connectivity index (χ2n) is 8.50. The van der Waals surface area contributed by atoms with Crippen molar-refractivity contribution in [1.29, 1.82) is 0 Å². The lowest BCUT2D eigenvalue weighted by molar-refractivity contribution is -0.0502. The van der Waals surface area contributed by atoms with Crippen molar-refractivity contribution in [3.63, 3.8) is 0 Å². The number of ether oxygens (including phenoxy) is 1. The first-order chi connectivity index (χ1) is 14.7. The zero-order valence-corrected chi connectivity index (χ0v) is 20.1. The second-order valence-corrected chi connectivity index (χ2v) is 8.50. The van der Waals surface area contributed by atoms with Crippen molar-refractivity contribution in [3.05, 3.63) is 71.5 Å². The normalized spacial score (nSPS) is 28.1. The molecule has 2 aromatic rings. The maximum atomic E-state index is 14.1. The zero-order valence-electron chi connectivity index (χ0n) is 17.8. The largest absolute Gasteiger partial charge is 0.373 e. The fraction of sp³-hybridized carbons (Fsp3) is 0.458. The van der Waals surface area contributed by atoms with Gasteiger partial charge in [0, 0.05) is 45.2 Å². The van der Waals surface area contributed by atoms with E-state index in [2.05, 4.69) is 50.4 Å². The van der Waals surface area contributed by atoms with Gasteiger partial charge in [0.05, 0.1) is 18.8 Å². The number of rotatable bonds is 4. The van der Waals surface area contributed by atoms with Gasteiger partial charge in [0.15, 0.2) is 5.96 Å². The Balaban J connectivity index is 0.00000231. The first-order valence-electron chi connectivity index (χ1n) is 10.8. The summed E-state index contributed by atoms with van der Waals surface area (Å²) in [6.07, 6.45) is 1.14. The molecule has 5 rings (SSSR count). The van der Waals surface area contributed by atoms with Crippen molar-refractivity contribution >= 4 is 29.9 Å². The van der Waals surface area contributed by atoms with E-state index in [4.69, 9.17) is 4.74 Å². The Labute approximate surface area is 200 Å². The van der Waals surface area contributed by atoms with Gasteiger partial charge in [0.1, 0.15) is 5.82 Å². The number of fused-ring (bicyclic) bond motifs is 1. The number of hydrogen-bond acceptors (Lipinski definition) is 3. The summed E-state index contributed by atoms with van der Waals surface area (Å²) in [4.78, 5) is 9.37. The fourth-order valence-corrected chi connectivity index (χ4v) is 4.88. The van der Waals surface area contributed by atoms with E-state index in [1.807, 2.05) is 19.2 Å². The van der Waals surface area contributed by atoms with E-state index in [1.54, 1.807) is 12.1 Å². The van der Waals surface area contributed by atoms with Crippen molar-refractivity contribution in [1.82, 2.24) is 15.1 Å². The molecule has 0 radical (unpaired) electrons. The molecule has 3 fully saturated rings. The zero-order chi connectivity index (χ0) is 20.5. The lowest BCUT2D eigenvalue weighted by atomic mass is 10.1. The lowest BCUT2D eigenvalue weighted by Crippen LogP contribution is -2.50. The molecule has 2 saturated heterocycles. The number of hydrogen-bond donors (Lipinski definition) is 1. The predicted molar refractivity (Wildman–Crippen MR) is 131 cm³/mol. The summed E-state index contributed by atoms with van der Waals surface area (Å²) in [5.41, 5.74) is 2.14. The number of likely N-dealkylation sites (tertiary alicyclic amines) is 1. The molecule has 4 atom stereocenters. The Hall–Kier alpha value is -1.71. The fourth-order valence-electron chi connectivity index (χ4n) is 4.88. The standard InChI is InChI=1S/C24H29FN4O.HI/c1-26-24(27-21-13-19(21)18-9-5-6-10-20(18)25)29-15-22-23(16-29)30-12-11-28(22)14-17-7-3-2-4-8-17;/h2-10,19,21-23H,11-16H2,1H3,(H,26,27);1H. The highest BCUT2D eigenvalue weighted by Crippen LogP contribution is 2.42. The highest BCUT2D eigenvalue weighted by molar-refractivity contribution is 14.0. The molecule has 31 heavy (non-hydrogen) atoms. The van der Waals surface area contributed by atoms with Crippen molar-refractivity contribution < 1.29 is 9.13 Å². The molecular weight excluding hydrogens is 506 g/mol. The Morgan fingerprint density at radius 2 is 1.90 bits per heavy atom. The third-order valence-corrected chi connectivity index (χ3v) is 6.57. The molecule has 0 bridgehead atoms. The van der Waals surface area contributed by atoms with Crippen LogP contribution in [0.15, 0.2) is 59.6 Å². The molecule has 0 amide bonds. The molecule has 4 unspecified atom stereocenters. The van der Waals surface area contributed by atoms with Crippen LogP contribution in [0.3, 0.4) is 0 Å². The molecule has 1 N–H and O–H groups in total. The highest BCUT2D eigenvalue weighted by atomic mass is 127. The highest BCUT2D eigenvalue weighted by Gasteiger charge is 2.44. The van der Waals surface area contributed by atoms with E-state index < -0.39 is 0 Å². The van der Waals surface area contributed by atoms with Crippen molar-refractivity contribution in [2.24, 2.45) is 4.99 Å². The summed E-state index contributed by atoms with van der Waals surface area (Å²) >= 11 is 0. The molecule has 0 aromatic heterocycles. The molecule has 2 heterocycles. The first kappa shape index (κ1) is 22.5. The third kappa shape index (κ3) is 4.88. The van der Waals surface area contributed by atoms with Gasteiger partial charge in [-0.1, -0.05) is 48.5 Å². The minimum atomic E-state index is -0.112. The molecule has 1 aliphatic carbocycles. The molecular formula is C24H30FIN4O. The summed E-state index contributed by atoms with van der Waals surface area (Å²) in [5, 5.41) is 3.57. The molecule has 166 valence electrons. The quantitative estimate of drug-likeness (QED) is 0.370. The minimum absolute atomic E-state index is 0. The van der Waals surface area contributed by atoms with E-state index >= 15 is 0 Å². The number of nitrogens with one attached hydrogen (secondary N) is 1. The number of guanidine groups is 1. The van der Waals surface area contributed by atoms with Gasteiger partial charge in [0.25, 0.3) is 0 Å². The summed E-state index contributed by atoms with van der Waals surface area (Å²) < 4.78 is 20.2. The maximum absolute atomic E-state index is 14.1. The summed E-state index contributed by atoms with van der Waals surface area (Å²) in [6, 6.07) is 18.3. The smallest absolute Gasteiger partial charge is 0.194 e. The van der Waals surface area contributed by atoms with E-state index in [0.717, 1.165) is 50.7 Å². The van der Waals surface area contributed by atoms with E-state index in [-0.39, 0.29) is 47.9 Å². The Morgan fingerprint density at radius 1 is 1.13 bits per heavy atom. The third-order valence-electron chi connectivity index (χ3n) is 6.57. The van der Waals surface area contributed by atoms with Crippen molar-refractivity contribution in [2.75, 3.05) is 33.3 Å². The molecule has 2 aliphatic heterocycles. The first-order valence-corrected chi connectivity index (χ1v) is 10.8. The molecule has 3 aliphatic rings. The topological polar surface area (TPSA) is 40.1 Å². The van der Waals surface area contributed by atoms with Crippen LogP contribution < -0.4 is 5.32 Å². The maximum Gasteiger partial charge on any atom is 0.194 e. The van der Waals surface area contributed by atoms with E-state index in [9.17, 15) is 4.39 Å². The van der Waals surface area contributed by atoms with E-state index in [1.165, 1.54) is 5.56 Å². The van der Waals surface area contributed by atoms with Crippen LogP contribution in [-0.2, 0) is 11.3 Å². The van der Waals surface area contributed by atoms with Gasteiger partial charge in [-0.15, -0.1) is 24.0 Å². The number of aliphatic imine (C=N–C) groups is 1. The van der Waals surface area contributed by atoms with Crippen LogP contribution >= 0.6 is 24.0 Å². The minimum Gasteiger partial charge on any atom is -0.373 e. The van der Waals surface area contributed by atoms with Gasteiger partial charge in [-0.2, -0.15) is 0 Å². The average molecular weight is 536 g/mol. The number of morpholine rings is 1. The van der Waals surface area contributed by atoms with Crippen LogP contribution in [-0.4, -0.2) is 67.2 Å². The number of nitrogens with zero attached hydrogens (tertiary/aromatic N) is 3. The SMILES string of the molecule is CN=C(NC1CC1c1ccccc1F)N1CC2OCCN(Cc3ccccc3)C2C1.I. The summed E-state index contributed by atoms with van der Waals surface area (Å²) in [6.45, 7) is 4.41. The summed E-state index contributed by atoms with van der Waals surface area (Å²) in [7, 11) is 1.83. The second kappa shape index (κ2) is 9.83. The van der Waals surface area contributed by atoms with Gasteiger partial charge in [0.2, 0.25) is 0 Å². The van der Waals surface area contributed by atoms with Gasteiger partial charge in [-0.3, -0.25) is 9.89 Å². The summed E-state index contributed by atoms with van der Waals surface area (Å²) in [5.74, 6) is 1.01. The molecule has 0 spiro atoms. The Kier molecular flexibility index (Phi) is 7.13. The lowest BCUT2D eigenvalue weighted by Gasteiger charge is -2.36. The monoisotopic (exact) mass is 536 g/mol. The van der Waals surface area contributed by atoms with Crippen LogP contribution in [0.1, 0.15) is 23.5 Å². The average Bonchev–Trinajstić information content (AvgIpc) is 3.39. The molecule has 2 aromatic carbocycles. The predicted octanol–water partition coefficient (Wildman–Crippen LogP) is 3.46. The Morgan fingerprint density at radius 3 is 2.68 bits per heavy atom.